The predicted octanol–water partition coefficient (Wildman–Crippen LogP) is 3.74. The summed E-state index contributed by atoms with van der Waals surface area (Å²) in [6.45, 7) is 4.17. The predicted molar refractivity (Wildman–Crippen MR) is 107 cm³/mol. The number of amides is 1. The number of anilines is 2. The van der Waals surface area contributed by atoms with Gasteiger partial charge in [0.15, 0.2) is 0 Å². The number of fused-ring (bicyclic) bond motifs is 1. The Bertz CT molecular complexity index is 1070. The molecular weight excluding hydrogens is 373 g/mol. The van der Waals surface area contributed by atoms with Crippen molar-refractivity contribution >= 4 is 17.5 Å². The molecule has 4 rings (SSSR count). The lowest BCUT2D eigenvalue weighted by Crippen LogP contribution is -2.31. The fraction of sp³-hybridized carbons (Fsp3) is 0.190. The lowest BCUT2D eigenvalue weighted by molar-refractivity contribution is -0.113. The average molecular weight is 393 g/mol. The zero-order valence-corrected chi connectivity index (χ0v) is 16.0. The number of rotatable bonds is 5. The summed E-state index contributed by atoms with van der Waals surface area (Å²) in [4.78, 5) is 17.5. The summed E-state index contributed by atoms with van der Waals surface area (Å²) >= 11 is 0. The first-order valence-electron chi connectivity index (χ1n) is 9.24. The second-order valence-electron chi connectivity index (χ2n) is 6.53. The lowest BCUT2D eigenvalue weighted by Gasteiger charge is -2.29. The van der Waals surface area contributed by atoms with Crippen LogP contribution in [0.1, 0.15) is 25.5 Å². The molecule has 29 heavy (non-hydrogen) atoms. The number of nitrogens with zero attached hydrogens (tertiary/aromatic N) is 3. The maximum absolute atomic E-state index is 13.5. The molecule has 1 aliphatic heterocycles. The molecule has 148 valence electrons. The van der Waals surface area contributed by atoms with E-state index in [1.165, 1.54) is 18.5 Å². The molecule has 0 aliphatic carbocycles. The Morgan fingerprint density at radius 2 is 2.00 bits per heavy atom. The van der Waals surface area contributed by atoms with Gasteiger partial charge in [-0.15, -0.1) is 0 Å². The van der Waals surface area contributed by atoms with Crippen LogP contribution < -0.4 is 15.4 Å². The second kappa shape index (κ2) is 7.75. The molecule has 7 nitrogen and oxygen atoms in total. The summed E-state index contributed by atoms with van der Waals surface area (Å²) in [5.41, 5.74) is 2.40. The number of carbonyl (C=O) groups excluding carboxylic acids is 1. The van der Waals surface area contributed by atoms with Gasteiger partial charge < -0.3 is 15.4 Å². The third-order valence-corrected chi connectivity index (χ3v) is 4.66. The highest BCUT2D eigenvalue weighted by Crippen LogP contribution is 2.36. The molecule has 2 aromatic carbocycles. The fourth-order valence-electron chi connectivity index (χ4n) is 3.38. The highest BCUT2D eigenvalue weighted by molar-refractivity contribution is 6.06. The zero-order valence-electron chi connectivity index (χ0n) is 16.0. The average Bonchev–Trinajstić information content (AvgIpc) is 3.17. The molecular formula is C21H20FN5O2. The third kappa shape index (κ3) is 3.56. The lowest BCUT2D eigenvalue weighted by atomic mass is 9.95. The van der Waals surface area contributed by atoms with E-state index in [2.05, 4.69) is 20.7 Å². The fourth-order valence-corrected chi connectivity index (χ4v) is 3.38. The topological polar surface area (TPSA) is 81.1 Å². The summed E-state index contributed by atoms with van der Waals surface area (Å²) in [5, 5.41) is 10.3. The summed E-state index contributed by atoms with van der Waals surface area (Å²) in [5.74, 6) is 0.449. The number of hydrogen-bond acceptors (Lipinski definition) is 5. The number of hydrogen-bond donors (Lipinski definition) is 2. The minimum absolute atomic E-state index is 0.308. The molecule has 8 heteroatoms. The third-order valence-electron chi connectivity index (χ3n) is 4.66. The standard InChI is InChI=1S/C21H20FN5O2/c1-3-29-17-7-5-4-6-16(17)26-20(28)18-13(2)25-21-23-12-24-27(21)19(18)14-8-10-15(22)11-9-14/h4-12,19H,3H2,1-2H3,(H,26,28)(H,23,24,25)/t19-/m1/s1. The van der Waals surface area contributed by atoms with Gasteiger partial charge in [0.2, 0.25) is 5.95 Å². The number of halogens is 1. The molecule has 0 unspecified atom stereocenters. The Kier molecular flexibility index (Phi) is 4.99. The van der Waals surface area contributed by atoms with Crippen molar-refractivity contribution in [2.24, 2.45) is 0 Å². The maximum atomic E-state index is 13.5. The Balaban J connectivity index is 1.74. The molecule has 0 saturated heterocycles. The van der Waals surface area contributed by atoms with Crippen LogP contribution in [0.4, 0.5) is 16.0 Å². The van der Waals surface area contributed by atoms with Crippen LogP contribution in [0.2, 0.25) is 0 Å². The van der Waals surface area contributed by atoms with Gasteiger partial charge in [-0.2, -0.15) is 10.1 Å². The molecule has 0 saturated carbocycles. The van der Waals surface area contributed by atoms with E-state index >= 15 is 0 Å². The van der Waals surface area contributed by atoms with Crippen LogP contribution in [0.15, 0.2) is 66.1 Å². The summed E-state index contributed by atoms with van der Waals surface area (Å²) in [6, 6.07) is 12.7. The quantitative estimate of drug-likeness (QED) is 0.690. The minimum Gasteiger partial charge on any atom is -0.492 e. The molecule has 0 bridgehead atoms. The molecule has 1 amide bonds. The van der Waals surface area contributed by atoms with E-state index in [9.17, 15) is 9.18 Å². The van der Waals surface area contributed by atoms with Crippen molar-refractivity contribution in [2.75, 3.05) is 17.2 Å². The molecule has 3 aromatic rings. The van der Waals surface area contributed by atoms with Crippen LogP contribution in [0.5, 0.6) is 5.75 Å². The molecule has 2 N–H and O–H groups in total. The minimum atomic E-state index is -0.548. The molecule has 1 aromatic heterocycles. The first kappa shape index (κ1) is 18.7. The number of aromatic nitrogens is 3. The van der Waals surface area contributed by atoms with Gasteiger partial charge in [0.25, 0.3) is 5.91 Å². The molecule has 1 atom stereocenters. The van der Waals surface area contributed by atoms with E-state index in [0.29, 0.717) is 35.3 Å². The van der Waals surface area contributed by atoms with E-state index in [1.54, 1.807) is 35.9 Å². The number of nitrogens with one attached hydrogen (secondary N) is 2. The van der Waals surface area contributed by atoms with Crippen molar-refractivity contribution in [1.82, 2.24) is 14.8 Å². The van der Waals surface area contributed by atoms with Gasteiger partial charge in [-0.3, -0.25) is 4.79 Å². The smallest absolute Gasteiger partial charge is 0.255 e. The molecule has 0 fully saturated rings. The number of carbonyl (C=O) groups is 1. The van der Waals surface area contributed by atoms with Gasteiger partial charge in [-0.1, -0.05) is 24.3 Å². The van der Waals surface area contributed by atoms with Gasteiger partial charge in [0.1, 0.15) is 23.9 Å². The van der Waals surface area contributed by atoms with E-state index in [1.807, 2.05) is 19.1 Å². The van der Waals surface area contributed by atoms with E-state index in [4.69, 9.17) is 4.74 Å². The number of benzene rings is 2. The van der Waals surface area contributed by atoms with Gasteiger partial charge in [-0.25, -0.2) is 9.07 Å². The highest BCUT2D eigenvalue weighted by atomic mass is 19.1. The van der Waals surface area contributed by atoms with Crippen LogP contribution in [0.25, 0.3) is 0 Å². The highest BCUT2D eigenvalue weighted by Gasteiger charge is 2.33. The van der Waals surface area contributed by atoms with Crippen molar-refractivity contribution in [2.45, 2.75) is 19.9 Å². The first-order valence-corrected chi connectivity index (χ1v) is 9.24. The van der Waals surface area contributed by atoms with Crippen LogP contribution in [-0.4, -0.2) is 27.3 Å². The van der Waals surface area contributed by atoms with Gasteiger partial charge in [0.05, 0.1) is 17.9 Å². The summed E-state index contributed by atoms with van der Waals surface area (Å²) in [7, 11) is 0. The number of allylic oxidation sites excluding steroid dienone is 1. The van der Waals surface area contributed by atoms with Crippen LogP contribution in [0.3, 0.4) is 0 Å². The first-order chi connectivity index (χ1) is 14.1. The Morgan fingerprint density at radius 1 is 1.24 bits per heavy atom. The Hall–Kier alpha value is -3.68. The van der Waals surface area contributed by atoms with Crippen LogP contribution in [0, 0.1) is 5.82 Å². The molecule has 1 aliphatic rings. The van der Waals surface area contributed by atoms with Gasteiger partial charge in [0, 0.05) is 5.70 Å². The largest absolute Gasteiger partial charge is 0.492 e. The van der Waals surface area contributed by atoms with Gasteiger partial charge >= 0.3 is 0 Å². The Morgan fingerprint density at radius 3 is 2.76 bits per heavy atom. The summed E-state index contributed by atoms with van der Waals surface area (Å²) in [6.07, 6.45) is 1.41. The monoisotopic (exact) mass is 393 g/mol. The van der Waals surface area contributed by atoms with E-state index in [0.717, 1.165) is 5.56 Å². The summed E-state index contributed by atoms with van der Waals surface area (Å²) < 4.78 is 20.7. The normalized spacial score (nSPS) is 15.5. The Labute approximate surface area is 167 Å². The second-order valence-corrected chi connectivity index (χ2v) is 6.53. The van der Waals surface area contributed by atoms with Crippen LogP contribution in [-0.2, 0) is 4.79 Å². The number of ether oxygens (including phenoxy) is 1. The van der Waals surface area contributed by atoms with Crippen molar-refractivity contribution in [1.29, 1.82) is 0 Å². The zero-order chi connectivity index (χ0) is 20.4. The van der Waals surface area contributed by atoms with Crippen LogP contribution >= 0.6 is 0 Å². The van der Waals surface area contributed by atoms with Crippen molar-refractivity contribution in [3.05, 3.63) is 77.5 Å². The van der Waals surface area contributed by atoms with E-state index in [-0.39, 0.29) is 11.7 Å². The maximum Gasteiger partial charge on any atom is 0.255 e. The molecule has 0 radical (unpaired) electrons. The molecule has 2 heterocycles. The van der Waals surface area contributed by atoms with Crippen molar-refractivity contribution < 1.29 is 13.9 Å². The van der Waals surface area contributed by atoms with Gasteiger partial charge in [-0.05, 0) is 43.7 Å². The van der Waals surface area contributed by atoms with Crippen molar-refractivity contribution in [3.8, 4) is 5.75 Å². The molecule has 0 spiro atoms. The van der Waals surface area contributed by atoms with E-state index < -0.39 is 6.04 Å². The SMILES string of the molecule is CCOc1ccccc1NC(=O)C1=C(C)Nc2ncnn2[C@@H]1c1ccc(F)cc1. The van der Waals surface area contributed by atoms with Crippen molar-refractivity contribution in [3.63, 3.8) is 0 Å². The number of para-hydroxylation sites is 2.